The van der Waals surface area contributed by atoms with Gasteiger partial charge in [0, 0.05) is 30.2 Å². The Hall–Kier alpha value is -3.36. The van der Waals surface area contributed by atoms with Crippen LogP contribution >= 0.6 is 11.6 Å². The number of hydrogen-bond acceptors (Lipinski definition) is 4. The molecule has 0 aromatic heterocycles. The molecule has 1 fully saturated rings. The number of carbonyl (C=O) groups excluding carboxylic acids is 2. The largest absolute Gasteiger partial charge is 0.350 e. The Morgan fingerprint density at radius 3 is 2.43 bits per heavy atom. The lowest BCUT2D eigenvalue weighted by Crippen LogP contribution is -2.40. The minimum absolute atomic E-state index is 0.0401. The maximum atomic E-state index is 13.4. The number of anilines is 2. The molecular weight excluding hydrogens is 486 g/mol. The van der Waals surface area contributed by atoms with Gasteiger partial charge >= 0.3 is 0 Å². The van der Waals surface area contributed by atoms with E-state index in [1.165, 1.54) is 24.3 Å². The molecule has 0 atom stereocenters. The van der Waals surface area contributed by atoms with Gasteiger partial charge in [0.2, 0.25) is 11.8 Å². The quantitative estimate of drug-likeness (QED) is 0.489. The molecule has 35 heavy (non-hydrogen) atoms. The van der Waals surface area contributed by atoms with Crippen LogP contribution in [0, 0.1) is 6.92 Å². The van der Waals surface area contributed by atoms with Gasteiger partial charge in [-0.2, -0.15) is 0 Å². The zero-order valence-corrected chi connectivity index (χ0v) is 20.8. The Balaban J connectivity index is 1.51. The van der Waals surface area contributed by atoms with Gasteiger partial charge in [-0.25, -0.2) is 8.42 Å². The predicted molar refractivity (Wildman–Crippen MR) is 137 cm³/mol. The van der Waals surface area contributed by atoms with Crippen molar-refractivity contribution in [1.29, 1.82) is 0 Å². The van der Waals surface area contributed by atoms with Crippen LogP contribution in [0.5, 0.6) is 0 Å². The van der Waals surface area contributed by atoms with Crippen molar-refractivity contribution in [2.24, 2.45) is 0 Å². The number of halogens is 1. The van der Waals surface area contributed by atoms with E-state index in [4.69, 9.17) is 11.6 Å². The predicted octanol–water partition coefficient (Wildman–Crippen LogP) is 4.29. The molecule has 182 valence electrons. The summed E-state index contributed by atoms with van der Waals surface area (Å²) in [7, 11) is -4.02. The molecule has 1 heterocycles. The van der Waals surface area contributed by atoms with Gasteiger partial charge in [-0.05, 0) is 67.4 Å². The summed E-state index contributed by atoms with van der Waals surface area (Å²) in [5.74, 6) is -0.363. The van der Waals surface area contributed by atoms with Crippen molar-refractivity contribution >= 4 is 44.8 Å². The van der Waals surface area contributed by atoms with Crippen molar-refractivity contribution in [3.8, 4) is 0 Å². The highest BCUT2D eigenvalue weighted by Crippen LogP contribution is 2.25. The first-order valence-corrected chi connectivity index (χ1v) is 13.1. The fraction of sp³-hybridized carbons (Fsp3) is 0.231. The van der Waals surface area contributed by atoms with Gasteiger partial charge in [-0.15, -0.1) is 0 Å². The molecule has 0 bridgehead atoms. The molecule has 0 radical (unpaired) electrons. The summed E-state index contributed by atoms with van der Waals surface area (Å²) in [6, 6.07) is 20.2. The first kappa shape index (κ1) is 24.8. The second kappa shape index (κ2) is 10.5. The Labute approximate surface area is 210 Å². The maximum absolute atomic E-state index is 13.4. The molecule has 7 nitrogen and oxygen atoms in total. The second-order valence-electron chi connectivity index (χ2n) is 8.40. The van der Waals surface area contributed by atoms with E-state index in [0.717, 1.165) is 27.5 Å². The highest BCUT2D eigenvalue weighted by atomic mass is 35.5. The zero-order chi connectivity index (χ0) is 25.0. The average molecular weight is 512 g/mol. The highest BCUT2D eigenvalue weighted by molar-refractivity contribution is 7.92. The number of benzene rings is 3. The lowest BCUT2D eigenvalue weighted by atomic mass is 10.2. The van der Waals surface area contributed by atoms with Gasteiger partial charge in [0.15, 0.2) is 0 Å². The summed E-state index contributed by atoms with van der Waals surface area (Å²) >= 11 is 5.93. The van der Waals surface area contributed by atoms with Crippen molar-refractivity contribution in [3.05, 3.63) is 88.9 Å². The topological polar surface area (TPSA) is 86.8 Å². The number of carbonyl (C=O) groups is 2. The fourth-order valence-electron chi connectivity index (χ4n) is 3.90. The van der Waals surface area contributed by atoms with Crippen molar-refractivity contribution in [2.75, 3.05) is 22.3 Å². The Morgan fingerprint density at radius 2 is 1.77 bits per heavy atom. The summed E-state index contributed by atoms with van der Waals surface area (Å²) in [6.45, 7) is 2.40. The van der Waals surface area contributed by atoms with Crippen LogP contribution < -0.4 is 14.5 Å². The average Bonchev–Trinajstić information content (AvgIpc) is 3.28. The minimum Gasteiger partial charge on any atom is -0.350 e. The molecule has 1 aliphatic rings. The van der Waals surface area contributed by atoms with Crippen molar-refractivity contribution in [2.45, 2.75) is 31.2 Å². The molecular formula is C26H26ClN3O4S. The Kier molecular flexibility index (Phi) is 7.42. The Morgan fingerprint density at radius 1 is 1.06 bits per heavy atom. The molecule has 3 aromatic rings. The van der Waals surface area contributed by atoms with Crippen LogP contribution in [0.4, 0.5) is 11.4 Å². The third-order valence-corrected chi connectivity index (χ3v) is 7.84. The van der Waals surface area contributed by atoms with E-state index in [2.05, 4.69) is 5.32 Å². The third-order valence-electron chi connectivity index (χ3n) is 5.80. The van der Waals surface area contributed by atoms with Crippen LogP contribution in [-0.4, -0.2) is 33.3 Å². The number of nitrogens with zero attached hydrogens (tertiary/aromatic N) is 2. The number of aryl methyl sites for hydroxylation is 1. The van der Waals surface area contributed by atoms with Crippen molar-refractivity contribution < 1.29 is 18.0 Å². The Bertz CT molecular complexity index is 1330. The number of rotatable bonds is 8. The third kappa shape index (κ3) is 5.83. The van der Waals surface area contributed by atoms with Crippen LogP contribution in [0.25, 0.3) is 0 Å². The van der Waals surface area contributed by atoms with Crippen LogP contribution in [0.15, 0.2) is 77.7 Å². The van der Waals surface area contributed by atoms with Crippen LogP contribution in [0.1, 0.15) is 24.0 Å². The summed E-state index contributed by atoms with van der Waals surface area (Å²) in [5, 5.41) is 3.22. The number of sulfonamides is 1. The second-order valence-corrected chi connectivity index (χ2v) is 10.7. The summed E-state index contributed by atoms with van der Waals surface area (Å²) in [4.78, 5) is 26.7. The summed E-state index contributed by atoms with van der Waals surface area (Å²) < 4.78 is 27.9. The van der Waals surface area contributed by atoms with Gasteiger partial charge < -0.3 is 10.2 Å². The minimum atomic E-state index is -4.02. The van der Waals surface area contributed by atoms with Crippen molar-refractivity contribution in [1.82, 2.24) is 5.32 Å². The lowest BCUT2D eigenvalue weighted by molar-refractivity contribution is -0.120. The first-order valence-electron chi connectivity index (χ1n) is 11.2. The van der Waals surface area contributed by atoms with Crippen molar-refractivity contribution in [3.63, 3.8) is 0 Å². The van der Waals surface area contributed by atoms with Gasteiger partial charge in [-0.3, -0.25) is 13.9 Å². The van der Waals surface area contributed by atoms with Crippen LogP contribution in [0.2, 0.25) is 5.02 Å². The van der Waals surface area contributed by atoms with E-state index >= 15 is 0 Å². The molecule has 2 amide bonds. The number of hydrogen-bond donors (Lipinski definition) is 1. The van der Waals surface area contributed by atoms with Gasteiger partial charge in [0.25, 0.3) is 10.0 Å². The van der Waals surface area contributed by atoms with E-state index in [-0.39, 0.29) is 17.3 Å². The SMILES string of the molecule is Cc1ccc(N(CC(=O)NCc2cccc(N3CCCC3=O)c2)S(=O)(=O)c2ccc(Cl)cc2)cc1. The standard InChI is InChI=1S/C26H26ClN3O4S/c1-19-7-11-22(12-8-19)30(35(33,34)24-13-9-21(27)10-14-24)18-25(31)28-17-20-4-2-5-23(16-20)29-15-3-6-26(29)32/h2,4-5,7-14,16H,3,6,15,17-18H2,1H3,(H,28,31). The van der Waals surface area contributed by atoms with E-state index in [9.17, 15) is 18.0 Å². The van der Waals surface area contributed by atoms with E-state index in [1.807, 2.05) is 31.2 Å². The van der Waals surface area contributed by atoms with Gasteiger partial charge in [-0.1, -0.05) is 41.4 Å². The fourth-order valence-corrected chi connectivity index (χ4v) is 5.45. The molecule has 0 aliphatic carbocycles. The first-order chi connectivity index (χ1) is 16.7. The van der Waals surface area contributed by atoms with Crippen LogP contribution in [-0.2, 0) is 26.2 Å². The molecule has 0 spiro atoms. The molecule has 1 aliphatic heterocycles. The van der Waals surface area contributed by atoms with E-state index in [1.54, 1.807) is 29.2 Å². The maximum Gasteiger partial charge on any atom is 0.264 e. The molecule has 1 N–H and O–H groups in total. The summed E-state index contributed by atoms with van der Waals surface area (Å²) in [6.07, 6.45) is 1.37. The summed E-state index contributed by atoms with van der Waals surface area (Å²) in [5.41, 5.74) is 2.97. The number of amides is 2. The van der Waals surface area contributed by atoms with E-state index < -0.39 is 22.5 Å². The molecule has 4 rings (SSSR count). The molecule has 0 saturated carbocycles. The highest BCUT2D eigenvalue weighted by Gasteiger charge is 2.27. The lowest BCUT2D eigenvalue weighted by Gasteiger charge is -2.24. The molecule has 0 unspecified atom stereocenters. The van der Waals surface area contributed by atoms with Gasteiger partial charge in [0.1, 0.15) is 6.54 Å². The number of nitrogens with one attached hydrogen (secondary N) is 1. The van der Waals surface area contributed by atoms with E-state index in [0.29, 0.717) is 23.7 Å². The monoisotopic (exact) mass is 511 g/mol. The molecule has 3 aromatic carbocycles. The normalized spacial score (nSPS) is 13.7. The van der Waals surface area contributed by atoms with Gasteiger partial charge in [0.05, 0.1) is 10.6 Å². The van der Waals surface area contributed by atoms with Crippen LogP contribution in [0.3, 0.4) is 0 Å². The zero-order valence-electron chi connectivity index (χ0n) is 19.3. The molecule has 9 heteroatoms. The smallest absolute Gasteiger partial charge is 0.264 e. The molecule has 1 saturated heterocycles.